The summed E-state index contributed by atoms with van der Waals surface area (Å²) in [6, 6.07) is 10.8. The van der Waals surface area contributed by atoms with Crippen molar-refractivity contribution in [1.82, 2.24) is 5.32 Å². The number of aryl methyl sites for hydroxylation is 1. The molecule has 0 spiro atoms. The SMILES string of the molecule is CNCc1ccc(-c2cc(C)ccc2Br)s1. The lowest BCUT2D eigenvalue weighted by molar-refractivity contribution is 0.831. The van der Waals surface area contributed by atoms with E-state index in [1.54, 1.807) is 0 Å². The lowest BCUT2D eigenvalue weighted by Gasteiger charge is -2.03. The Morgan fingerprint density at radius 2 is 2.06 bits per heavy atom. The van der Waals surface area contributed by atoms with E-state index < -0.39 is 0 Å². The van der Waals surface area contributed by atoms with E-state index in [4.69, 9.17) is 0 Å². The van der Waals surface area contributed by atoms with Gasteiger partial charge in [0.15, 0.2) is 0 Å². The summed E-state index contributed by atoms with van der Waals surface area (Å²) >= 11 is 5.45. The molecule has 1 heterocycles. The first-order valence-corrected chi connectivity index (χ1v) is 6.81. The van der Waals surface area contributed by atoms with Crippen LogP contribution >= 0.6 is 27.3 Å². The zero-order valence-electron chi connectivity index (χ0n) is 9.38. The van der Waals surface area contributed by atoms with Crippen molar-refractivity contribution in [3.8, 4) is 10.4 Å². The molecule has 0 radical (unpaired) electrons. The fourth-order valence-electron chi connectivity index (χ4n) is 1.62. The summed E-state index contributed by atoms with van der Waals surface area (Å²) in [7, 11) is 1.97. The fraction of sp³-hybridized carbons (Fsp3) is 0.231. The quantitative estimate of drug-likeness (QED) is 0.895. The van der Waals surface area contributed by atoms with Crippen LogP contribution in [0.2, 0.25) is 0 Å². The summed E-state index contributed by atoms with van der Waals surface area (Å²) in [6.45, 7) is 3.06. The van der Waals surface area contributed by atoms with Crippen molar-refractivity contribution < 1.29 is 0 Å². The van der Waals surface area contributed by atoms with Gasteiger partial charge in [0.1, 0.15) is 0 Å². The van der Waals surface area contributed by atoms with Crippen LogP contribution in [-0.4, -0.2) is 7.05 Å². The number of benzene rings is 1. The summed E-state index contributed by atoms with van der Waals surface area (Å²) in [5.74, 6) is 0. The molecule has 3 heteroatoms. The van der Waals surface area contributed by atoms with Gasteiger partial charge in [-0.15, -0.1) is 11.3 Å². The van der Waals surface area contributed by atoms with E-state index in [2.05, 4.69) is 58.5 Å². The van der Waals surface area contributed by atoms with E-state index in [0.29, 0.717) is 0 Å². The Morgan fingerprint density at radius 1 is 1.25 bits per heavy atom. The number of thiophene rings is 1. The Bertz CT molecular complexity index is 490. The van der Waals surface area contributed by atoms with Crippen LogP contribution in [0.4, 0.5) is 0 Å². The van der Waals surface area contributed by atoms with Crippen LogP contribution in [-0.2, 0) is 6.54 Å². The third kappa shape index (κ3) is 2.54. The predicted octanol–water partition coefficient (Wildman–Crippen LogP) is 4.21. The monoisotopic (exact) mass is 295 g/mol. The van der Waals surface area contributed by atoms with Crippen molar-refractivity contribution >= 4 is 27.3 Å². The first-order valence-electron chi connectivity index (χ1n) is 5.20. The zero-order chi connectivity index (χ0) is 11.5. The highest BCUT2D eigenvalue weighted by Crippen LogP contribution is 2.34. The van der Waals surface area contributed by atoms with E-state index in [-0.39, 0.29) is 0 Å². The lowest BCUT2D eigenvalue weighted by atomic mass is 10.1. The second kappa shape index (κ2) is 5.13. The Kier molecular flexibility index (Phi) is 3.79. The third-order valence-electron chi connectivity index (χ3n) is 2.40. The van der Waals surface area contributed by atoms with Crippen molar-refractivity contribution in [1.29, 1.82) is 0 Å². The fourth-order valence-corrected chi connectivity index (χ4v) is 3.26. The summed E-state index contributed by atoms with van der Waals surface area (Å²) in [5, 5.41) is 3.17. The molecular weight excluding hydrogens is 282 g/mol. The maximum absolute atomic E-state index is 3.61. The molecular formula is C13H14BrNS. The highest BCUT2D eigenvalue weighted by molar-refractivity contribution is 9.10. The lowest BCUT2D eigenvalue weighted by Crippen LogP contribution is -2.02. The molecule has 2 aromatic rings. The minimum Gasteiger partial charge on any atom is -0.315 e. The van der Waals surface area contributed by atoms with Crippen molar-refractivity contribution in [3.05, 3.63) is 45.2 Å². The maximum Gasteiger partial charge on any atom is 0.0357 e. The van der Waals surface area contributed by atoms with Crippen LogP contribution in [0, 0.1) is 6.92 Å². The van der Waals surface area contributed by atoms with Gasteiger partial charge in [0, 0.05) is 26.3 Å². The molecule has 0 aliphatic heterocycles. The first kappa shape index (κ1) is 11.8. The van der Waals surface area contributed by atoms with Gasteiger partial charge in [-0.05, 0) is 38.2 Å². The van der Waals surface area contributed by atoms with Crippen molar-refractivity contribution in [2.24, 2.45) is 0 Å². The second-order valence-electron chi connectivity index (χ2n) is 3.78. The molecule has 2 rings (SSSR count). The Balaban J connectivity index is 2.38. The summed E-state index contributed by atoms with van der Waals surface area (Å²) in [5.41, 5.74) is 2.58. The van der Waals surface area contributed by atoms with E-state index in [0.717, 1.165) is 11.0 Å². The van der Waals surface area contributed by atoms with Crippen LogP contribution in [0.5, 0.6) is 0 Å². The van der Waals surface area contributed by atoms with E-state index in [1.165, 1.54) is 20.9 Å². The average Bonchev–Trinajstić information content (AvgIpc) is 2.71. The predicted molar refractivity (Wildman–Crippen MR) is 75.0 cm³/mol. The van der Waals surface area contributed by atoms with E-state index in [9.17, 15) is 0 Å². The topological polar surface area (TPSA) is 12.0 Å². The number of hydrogen-bond donors (Lipinski definition) is 1. The molecule has 0 aliphatic rings. The van der Waals surface area contributed by atoms with Crippen molar-refractivity contribution in [2.45, 2.75) is 13.5 Å². The summed E-state index contributed by atoms with van der Waals surface area (Å²) < 4.78 is 1.16. The van der Waals surface area contributed by atoms with E-state index >= 15 is 0 Å². The van der Waals surface area contributed by atoms with Gasteiger partial charge in [0.2, 0.25) is 0 Å². The molecule has 0 amide bonds. The molecule has 0 unspecified atom stereocenters. The van der Waals surface area contributed by atoms with Crippen molar-refractivity contribution in [3.63, 3.8) is 0 Å². The number of halogens is 1. The van der Waals surface area contributed by atoms with Gasteiger partial charge in [-0.3, -0.25) is 0 Å². The van der Waals surface area contributed by atoms with Crippen LogP contribution in [0.3, 0.4) is 0 Å². The minimum atomic E-state index is 0.939. The normalized spacial score (nSPS) is 10.7. The van der Waals surface area contributed by atoms with Crippen LogP contribution in [0.1, 0.15) is 10.4 Å². The van der Waals surface area contributed by atoms with Gasteiger partial charge in [-0.1, -0.05) is 27.6 Å². The Labute approximate surface area is 109 Å². The minimum absolute atomic E-state index is 0.939. The zero-order valence-corrected chi connectivity index (χ0v) is 11.8. The van der Waals surface area contributed by atoms with Crippen LogP contribution in [0.25, 0.3) is 10.4 Å². The highest BCUT2D eigenvalue weighted by Gasteiger charge is 2.06. The smallest absolute Gasteiger partial charge is 0.0357 e. The average molecular weight is 296 g/mol. The number of hydrogen-bond acceptors (Lipinski definition) is 2. The van der Waals surface area contributed by atoms with Gasteiger partial charge in [-0.25, -0.2) is 0 Å². The molecule has 0 saturated heterocycles. The van der Waals surface area contributed by atoms with Gasteiger partial charge in [0.05, 0.1) is 0 Å². The van der Waals surface area contributed by atoms with E-state index in [1.807, 2.05) is 18.4 Å². The molecule has 1 N–H and O–H groups in total. The first-order chi connectivity index (χ1) is 7.70. The van der Waals surface area contributed by atoms with Crippen LogP contribution in [0.15, 0.2) is 34.8 Å². The second-order valence-corrected chi connectivity index (χ2v) is 5.80. The molecule has 0 saturated carbocycles. The molecule has 1 nitrogen and oxygen atoms in total. The van der Waals surface area contributed by atoms with Gasteiger partial charge >= 0.3 is 0 Å². The Morgan fingerprint density at radius 3 is 2.81 bits per heavy atom. The molecule has 1 aromatic carbocycles. The largest absolute Gasteiger partial charge is 0.315 e. The highest BCUT2D eigenvalue weighted by atomic mass is 79.9. The van der Waals surface area contributed by atoms with Crippen molar-refractivity contribution in [2.75, 3.05) is 7.05 Å². The number of rotatable bonds is 3. The molecule has 84 valence electrons. The third-order valence-corrected chi connectivity index (χ3v) is 4.21. The molecule has 0 atom stereocenters. The van der Waals surface area contributed by atoms with Crippen LogP contribution < -0.4 is 5.32 Å². The van der Waals surface area contributed by atoms with Gasteiger partial charge in [0.25, 0.3) is 0 Å². The maximum atomic E-state index is 3.61. The molecule has 0 aliphatic carbocycles. The summed E-state index contributed by atoms with van der Waals surface area (Å²) in [6.07, 6.45) is 0. The standard InChI is InChI=1S/C13H14BrNS/c1-9-3-5-12(14)11(7-9)13-6-4-10(16-13)8-15-2/h3-7,15H,8H2,1-2H3. The van der Waals surface area contributed by atoms with Gasteiger partial charge in [-0.2, -0.15) is 0 Å². The Hall–Kier alpha value is -0.640. The van der Waals surface area contributed by atoms with Gasteiger partial charge < -0.3 is 5.32 Å². The number of nitrogens with one attached hydrogen (secondary N) is 1. The molecule has 0 bridgehead atoms. The molecule has 1 aromatic heterocycles. The summed E-state index contributed by atoms with van der Waals surface area (Å²) in [4.78, 5) is 2.69. The molecule has 16 heavy (non-hydrogen) atoms. The molecule has 0 fully saturated rings.